The number of thiophene rings is 1. The molecule has 0 saturated heterocycles. The third-order valence-corrected chi connectivity index (χ3v) is 4.11. The van der Waals surface area contributed by atoms with Crippen molar-refractivity contribution < 1.29 is 9.59 Å². The lowest BCUT2D eigenvalue weighted by Gasteiger charge is -2.03. The molecule has 0 aliphatic carbocycles. The Balaban J connectivity index is 1.68. The highest BCUT2D eigenvalue weighted by molar-refractivity contribution is 7.14. The number of nitrogens with one attached hydrogen (secondary N) is 1. The summed E-state index contributed by atoms with van der Waals surface area (Å²) in [5, 5.41) is 17.1. The lowest BCUT2D eigenvalue weighted by molar-refractivity contribution is -0.117. The molecule has 0 atom stereocenters. The van der Waals surface area contributed by atoms with Crippen LogP contribution in [-0.2, 0) is 11.3 Å². The van der Waals surface area contributed by atoms with E-state index in [0.29, 0.717) is 15.8 Å². The molecule has 2 aromatic heterocycles. The molecule has 2 amide bonds. The maximum Gasteiger partial charge on any atom is 0.251 e. The van der Waals surface area contributed by atoms with E-state index in [1.54, 1.807) is 35.7 Å². The van der Waals surface area contributed by atoms with Crippen LogP contribution < -0.4 is 11.1 Å². The van der Waals surface area contributed by atoms with Crippen molar-refractivity contribution in [1.29, 1.82) is 0 Å². The zero-order chi connectivity index (χ0) is 17.1. The Bertz CT molecular complexity index is 889. The van der Waals surface area contributed by atoms with Crippen molar-refractivity contribution >= 4 is 39.8 Å². The van der Waals surface area contributed by atoms with Gasteiger partial charge in [0.05, 0.1) is 5.56 Å². The molecule has 0 unspecified atom stereocenters. The lowest BCUT2D eigenvalue weighted by atomic mass is 10.2. The van der Waals surface area contributed by atoms with E-state index < -0.39 is 5.91 Å². The molecule has 24 heavy (non-hydrogen) atoms. The summed E-state index contributed by atoms with van der Waals surface area (Å²) in [6, 6.07) is 8.50. The second kappa shape index (κ2) is 6.77. The van der Waals surface area contributed by atoms with E-state index in [4.69, 9.17) is 17.3 Å². The minimum absolute atomic E-state index is 0.142. The van der Waals surface area contributed by atoms with Crippen molar-refractivity contribution in [3.63, 3.8) is 0 Å². The summed E-state index contributed by atoms with van der Waals surface area (Å²) in [6.07, 6.45) is 0. The van der Waals surface area contributed by atoms with Gasteiger partial charge < -0.3 is 11.1 Å². The number of rotatable bonds is 5. The Hall–Kier alpha value is -2.78. The first-order valence-electron chi connectivity index (χ1n) is 6.74. The first kappa shape index (κ1) is 16.1. The lowest BCUT2D eigenvalue weighted by Crippen LogP contribution is -2.22. The monoisotopic (exact) mass is 362 g/mol. The third kappa shape index (κ3) is 3.58. The normalized spacial score (nSPS) is 10.5. The third-order valence-electron chi connectivity index (χ3n) is 3.02. The zero-order valence-electron chi connectivity index (χ0n) is 12.1. The maximum atomic E-state index is 12.0. The number of anilines is 1. The molecule has 3 rings (SSSR count). The van der Waals surface area contributed by atoms with E-state index in [1.165, 1.54) is 11.3 Å². The number of tetrazole rings is 1. The molecular weight excluding hydrogens is 352 g/mol. The van der Waals surface area contributed by atoms with Gasteiger partial charge in [-0.3, -0.25) is 9.59 Å². The highest BCUT2D eigenvalue weighted by Crippen LogP contribution is 2.22. The van der Waals surface area contributed by atoms with Gasteiger partial charge in [0.1, 0.15) is 11.5 Å². The van der Waals surface area contributed by atoms with Gasteiger partial charge >= 0.3 is 0 Å². The second-order valence-corrected chi connectivity index (χ2v) is 6.08. The highest BCUT2D eigenvalue weighted by Gasteiger charge is 2.14. The average molecular weight is 363 g/mol. The molecule has 8 nitrogen and oxygen atoms in total. The smallest absolute Gasteiger partial charge is 0.251 e. The van der Waals surface area contributed by atoms with Gasteiger partial charge in [0.15, 0.2) is 0 Å². The quantitative estimate of drug-likeness (QED) is 0.717. The topological polar surface area (TPSA) is 116 Å². The molecular formula is C14H11ClN6O2S. The minimum Gasteiger partial charge on any atom is -0.366 e. The highest BCUT2D eigenvalue weighted by atomic mass is 35.5. The van der Waals surface area contributed by atoms with Crippen LogP contribution in [0.3, 0.4) is 0 Å². The fourth-order valence-corrected chi connectivity index (χ4v) is 2.85. The number of primary amides is 1. The van der Waals surface area contributed by atoms with Crippen molar-refractivity contribution in [2.24, 2.45) is 5.73 Å². The summed E-state index contributed by atoms with van der Waals surface area (Å²) in [7, 11) is 0. The summed E-state index contributed by atoms with van der Waals surface area (Å²) in [5.41, 5.74) is 6.23. The number of nitrogens with zero attached hydrogens (tertiary/aromatic N) is 4. The maximum absolute atomic E-state index is 12.0. The largest absolute Gasteiger partial charge is 0.366 e. The van der Waals surface area contributed by atoms with Crippen molar-refractivity contribution in [1.82, 2.24) is 20.2 Å². The number of hydrogen-bond donors (Lipinski definition) is 2. The summed E-state index contributed by atoms with van der Waals surface area (Å²) in [5.74, 6) is -0.608. The van der Waals surface area contributed by atoms with Crippen molar-refractivity contribution in [3.05, 3.63) is 46.3 Å². The summed E-state index contributed by atoms with van der Waals surface area (Å²) < 4.78 is 0. The van der Waals surface area contributed by atoms with E-state index in [0.717, 1.165) is 10.4 Å². The average Bonchev–Trinajstić information content (AvgIpc) is 3.17. The second-order valence-electron chi connectivity index (χ2n) is 4.73. The Morgan fingerprint density at radius 1 is 1.25 bits per heavy atom. The molecule has 0 saturated carbocycles. The number of hydrogen-bond acceptors (Lipinski definition) is 6. The molecule has 3 aromatic rings. The number of amides is 2. The fraction of sp³-hybridized carbons (Fsp3) is 0.0714. The molecule has 0 radical (unpaired) electrons. The van der Waals surface area contributed by atoms with Crippen LogP contribution in [0, 0.1) is 0 Å². The number of halogens is 1. The number of carbonyl (C=O) groups excluding carboxylic acids is 2. The van der Waals surface area contributed by atoms with Crippen LogP contribution in [0.5, 0.6) is 0 Å². The van der Waals surface area contributed by atoms with E-state index in [2.05, 4.69) is 20.7 Å². The van der Waals surface area contributed by atoms with Gasteiger partial charge in [0.2, 0.25) is 11.7 Å². The SMILES string of the molecule is NC(=O)c1ccsc1NC(=O)Cn1nnc(-c2ccc(Cl)cc2)n1. The molecule has 122 valence electrons. The van der Waals surface area contributed by atoms with Gasteiger partial charge in [0.25, 0.3) is 5.91 Å². The van der Waals surface area contributed by atoms with Gasteiger partial charge in [-0.1, -0.05) is 11.6 Å². The molecule has 0 aliphatic heterocycles. The van der Waals surface area contributed by atoms with Crippen LogP contribution in [0.2, 0.25) is 5.02 Å². The van der Waals surface area contributed by atoms with E-state index in [-0.39, 0.29) is 18.0 Å². The molecule has 2 heterocycles. The van der Waals surface area contributed by atoms with Crippen molar-refractivity contribution in [2.75, 3.05) is 5.32 Å². The van der Waals surface area contributed by atoms with Crippen LogP contribution in [0.25, 0.3) is 11.4 Å². The summed E-state index contributed by atoms with van der Waals surface area (Å²) in [4.78, 5) is 24.4. The molecule has 3 N–H and O–H groups in total. The summed E-state index contributed by atoms with van der Waals surface area (Å²) >= 11 is 7.04. The Kier molecular flexibility index (Phi) is 4.54. The Labute approximate surface area is 145 Å². The standard InChI is InChI=1S/C14H11ClN6O2S/c15-9-3-1-8(2-4-9)13-18-20-21(19-13)7-11(22)17-14-10(12(16)23)5-6-24-14/h1-6H,7H2,(H2,16,23)(H,17,22). The van der Waals surface area contributed by atoms with E-state index in [1.807, 2.05) is 0 Å². The first-order valence-corrected chi connectivity index (χ1v) is 7.99. The number of nitrogens with two attached hydrogens (primary N) is 1. The van der Waals surface area contributed by atoms with E-state index >= 15 is 0 Å². The number of carbonyl (C=O) groups is 2. The molecule has 10 heteroatoms. The van der Waals surface area contributed by atoms with Crippen molar-refractivity contribution in [3.8, 4) is 11.4 Å². The molecule has 0 fully saturated rings. The van der Waals surface area contributed by atoms with Crippen LogP contribution in [-0.4, -0.2) is 32.0 Å². The number of benzene rings is 1. The molecule has 0 spiro atoms. The van der Waals surface area contributed by atoms with Crippen LogP contribution in [0.15, 0.2) is 35.7 Å². The Morgan fingerprint density at radius 3 is 2.71 bits per heavy atom. The number of aromatic nitrogens is 4. The molecule has 0 bridgehead atoms. The predicted octanol–water partition coefficient (Wildman–Crippen LogP) is 1.79. The zero-order valence-corrected chi connectivity index (χ0v) is 13.7. The van der Waals surface area contributed by atoms with Gasteiger partial charge in [-0.15, -0.1) is 21.5 Å². The molecule has 1 aromatic carbocycles. The van der Waals surface area contributed by atoms with Crippen LogP contribution in [0.1, 0.15) is 10.4 Å². The Morgan fingerprint density at radius 2 is 2.00 bits per heavy atom. The minimum atomic E-state index is -0.601. The van der Waals surface area contributed by atoms with Gasteiger partial charge in [-0.25, -0.2) is 0 Å². The van der Waals surface area contributed by atoms with Gasteiger partial charge in [0, 0.05) is 10.6 Å². The van der Waals surface area contributed by atoms with Gasteiger partial charge in [-0.2, -0.15) is 4.80 Å². The predicted molar refractivity (Wildman–Crippen MR) is 89.7 cm³/mol. The first-order chi connectivity index (χ1) is 11.5. The van der Waals surface area contributed by atoms with E-state index in [9.17, 15) is 9.59 Å². The summed E-state index contributed by atoms with van der Waals surface area (Å²) in [6.45, 7) is -0.142. The van der Waals surface area contributed by atoms with Gasteiger partial charge in [-0.05, 0) is 40.9 Å². The van der Waals surface area contributed by atoms with Crippen LogP contribution in [0.4, 0.5) is 5.00 Å². The van der Waals surface area contributed by atoms with Crippen LogP contribution >= 0.6 is 22.9 Å². The van der Waals surface area contributed by atoms with Crippen molar-refractivity contribution in [2.45, 2.75) is 6.54 Å². The fourth-order valence-electron chi connectivity index (χ4n) is 1.92. The molecule has 0 aliphatic rings.